The van der Waals surface area contributed by atoms with Gasteiger partial charge in [0.25, 0.3) is 6.33 Å². The Morgan fingerprint density at radius 3 is 2.12 bits per heavy atom. The van der Waals surface area contributed by atoms with Crippen molar-refractivity contribution in [2.24, 2.45) is 0 Å². The van der Waals surface area contributed by atoms with Gasteiger partial charge >= 0.3 is 0 Å². The first-order chi connectivity index (χ1) is 35.5. The number of imidazole rings is 1. The largest absolute Gasteiger partial charge is 0.510 e. The monoisotopic (exact) mass is 1030 g/mol. The molecule has 0 bridgehead atoms. The van der Waals surface area contributed by atoms with Crippen LogP contribution in [0.3, 0.4) is 0 Å². The average Bonchev–Trinajstić information content (AvgIpc) is 4.09. The standard InChI is InChI=1S/C58H40N4O2.Pt/c1-58(2,3)40-32-33-59-54(34-40)62-50-30-31-53-56(47-22-10-13-27-52(47)64-53)55(50)46-29-28-43(36-51(46)62)63-42-21-14-20-41(35-42)60-37-61(49-26-12-11-25-48(49)60)57-44(38-16-6-4-7-17-38)23-15-24-45(57)39-18-8-5-9-19-39;/h4-34H,1-3H3;/q-2;/i4D,5D,6D,7D,8D,9D,16D,17D,18D,19D;. The molecule has 65 heavy (non-hydrogen) atoms. The maximum atomic E-state index is 9.03. The molecule has 0 aliphatic rings. The van der Waals surface area contributed by atoms with Gasteiger partial charge in [-0.1, -0.05) is 147 Å². The van der Waals surface area contributed by atoms with Gasteiger partial charge in [-0.25, -0.2) is 4.98 Å². The van der Waals surface area contributed by atoms with E-state index in [4.69, 9.17) is 27.8 Å². The molecule has 7 heteroatoms. The number of rotatable bonds is 7. The van der Waals surface area contributed by atoms with Crippen molar-refractivity contribution >= 4 is 54.8 Å². The van der Waals surface area contributed by atoms with Gasteiger partial charge in [-0.2, -0.15) is 18.2 Å². The van der Waals surface area contributed by atoms with Crippen LogP contribution in [-0.4, -0.2) is 14.1 Å². The van der Waals surface area contributed by atoms with E-state index in [1.165, 1.54) is 0 Å². The second-order valence-electron chi connectivity index (χ2n) is 16.5. The number of benzene rings is 8. The summed E-state index contributed by atoms with van der Waals surface area (Å²) in [4.78, 5) is 4.90. The molecule has 316 valence electrons. The summed E-state index contributed by atoms with van der Waals surface area (Å²) in [6.45, 7) is 6.50. The SMILES string of the molecule is [2H]c1c([2H])c([2H])c(-c2cccc(-c3c([2H])c([2H])c([2H])c([2H])c3[2H])c2-[n+]2[c-]n(-c3[c-]c(Oc4[c-]c5c(cc4)c4c6c(ccc4n5-c4cc(C(C)(C)C)ccn4)oc4ccccc46)ccc3)c3ccccc32)c([2H])c1[2H].[Pt]. The van der Waals surface area contributed by atoms with Crippen LogP contribution >= 0.6 is 0 Å². The van der Waals surface area contributed by atoms with Gasteiger partial charge in [0.1, 0.15) is 17.0 Å². The smallest absolute Gasteiger partial charge is 0.268 e. The van der Waals surface area contributed by atoms with Gasteiger partial charge in [0.05, 0.1) is 30.4 Å². The average molecular weight is 1030 g/mol. The quantitative estimate of drug-likeness (QED) is 0.118. The number of hydrogen-bond acceptors (Lipinski definition) is 3. The molecule has 0 unspecified atom stereocenters. The summed E-state index contributed by atoms with van der Waals surface area (Å²) in [5.74, 6) is 1.47. The fourth-order valence-corrected chi connectivity index (χ4v) is 8.64. The summed E-state index contributed by atoms with van der Waals surface area (Å²) in [5.41, 5.74) is 5.94. The number of fused-ring (bicyclic) bond motifs is 8. The molecule has 12 aromatic rings. The van der Waals surface area contributed by atoms with Gasteiger partial charge in [0.2, 0.25) is 0 Å². The molecule has 0 amide bonds. The van der Waals surface area contributed by atoms with E-state index in [0.717, 1.165) is 55.1 Å². The van der Waals surface area contributed by atoms with E-state index in [1.54, 1.807) is 39.5 Å². The van der Waals surface area contributed by atoms with E-state index in [-0.39, 0.29) is 54.4 Å². The maximum absolute atomic E-state index is 9.03. The molecule has 8 aromatic carbocycles. The summed E-state index contributed by atoms with van der Waals surface area (Å²) < 4.78 is 106. The molecule has 0 N–H and O–H groups in total. The van der Waals surface area contributed by atoms with Crippen molar-refractivity contribution < 1.29 is 48.5 Å². The Morgan fingerprint density at radius 2 is 1.35 bits per heavy atom. The molecule has 0 saturated heterocycles. The first kappa shape index (κ1) is 30.5. The molecular weight excluding hydrogens is 980 g/mol. The Kier molecular flexibility index (Phi) is 7.48. The van der Waals surface area contributed by atoms with Crippen LogP contribution in [-0.2, 0) is 26.5 Å². The van der Waals surface area contributed by atoms with Crippen LogP contribution in [0, 0.1) is 18.5 Å². The Labute approximate surface area is 404 Å². The summed E-state index contributed by atoms with van der Waals surface area (Å²) in [5, 5.41) is 3.90. The van der Waals surface area contributed by atoms with Gasteiger partial charge in [-0.05, 0) is 74.6 Å². The van der Waals surface area contributed by atoms with E-state index in [2.05, 4.69) is 62.0 Å². The first-order valence-corrected chi connectivity index (χ1v) is 20.7. The fraction of sp³-hybridized carbons (Fsp3) is 0.0690. The van der Waals surface area contributed by atoms with Gasteiger partial charge in [-0.15, -0.1) is 29.7 Å². The zero-order valence-corrected chi connectivity index (χ0v) is 37.3. The number of nitrogens with zero attached hydrogens (tertiary/aromatic N) is 4. The molecule has 0 spiro atoms. The van der Waals surface area contributed by atoms with Crippen LogP contribution in [0.2, 0.25) is 0 Å². The summed E-state index contributed by atoms with van der Waals surface area (Å²) in [6, 6.07) is 39.2. The molecule has 6 nitrogen and oxygen atoms in total. The minimum absolute atomic E-state index is 0. The van der Waals surface area contributed by atoms with Gasteiger partial charge in [0, 0.05) is 55.1 Å². The second-order valence-corrected chi connectivity index (χ2v) is 16.5. The van der Waals surface area contributed by atoms with Gasteiger partial charge in [-0.3, -0.25) is 4.57 Å². The van der Waals surface area contributed by atoms with E-state index in [9.17, 15) is 0 Å². The molecule has 0 saturated carbocycles. The Hall–Kier alpha value is -7.53. The van der Waals surface area contributed by atoms with Crippen LogP contribution < -0.4 is 9.30 Å². The summed E-state index contributed by atoms with van der Waals surface area (Å²) in [6.07, 6.45) is 5.24. The van der Waals surface area contributed by atoms with Crippen molar-refractivity contribution in [3.8, 4) is 50.9 Å². The summed E-state index contributed by atoms with van der Waals surface area (Å²) >= 11 is 0. The maximum Gasteiger partial charge on any atom is 0.268 e. The fourth-order valence-electron chi connectivity index (χ4n) is 8.64. The number of para-hydroxylation sites is 4. The van der Waals surface area contributed by atoms with Crippen molar-refractivity contribution in [2.75, 3.05) is 0 Å². The van der Waals surface area contributed by atoms with Crippen molar-refractivity contribution in [3.63, 3.8) is 0 Å². The van der Waals surface area contributed by atoms with Crippen molar-refractivity contribution in [2.45, 2.75) is 26.2 Å². The molecule has 0 fully saturated rings. The third-order valence-electron chi connectivity index (χ3n) is 11.6. The van der Waals surface area contributed by atoms with E-state index < -0.39 is 60.4 Å². The van der Waals surface area contributed by atoms with E-state index in [1.807, 2.05) is 79.0 Å². The zero-order valence-electron chi connectivity index (χ0n) is 45.0. The predicted molar refractivity (Wildman–Crippen MR) is 257 cm³/mol. The third-order valence-corrected chi connectivity index (χ3v) is 11.6. The number of ether oxygens (including phenoxy) is 1. The molecule has 4 heterocycles. The Morgan fingerprint density at radius 1 is 0.646 bits per heavy atom. The molecule has 0 aliphatic carbocycles. The number of furan rings is 1. The van der Waals surface area contributed by atoms with E-state index >= 15 is 0 Å². The van der Waals surface area contributed by atoms with Gasteiger partial charge < -0.3 is 18.3 Å². The summed E-state index contributed by atoms with van der Waals surface area (Å²) in [7, 11) is 0. The molecule has 0 radical (unpaired) electrons. The predicted octanol–water partition coefficient (Wildman–Crippen LogP) is 14.1. The van der Waals surface area contributed by atoms with Crippen molar-refractivity contribution in [1.82, 2.24) is 14.1 Å². The molecule has 4 aromatic heterocycles. The number of pyridine rings is 1. The van der Waals surface area contributed by atoms with Crippen LogP contribution in [0.1, 0.15) is 40.0 Å². The number of hydrogen-bond donors (Lipinski definition) is 0. The molecule has 12 rings (SSSR count). The minimum atomic E-state index is -0.576. The second kappa shape index (κ2) is 15.9. The topological polar surface area (TPSA) is 49.0 Å². The Bertz CT molecular complexity index is 4220. The van der Waals surface area contributed by atoms with Gasteiger partial charge in [0.15, 0.2) is 0 Å². The number of aromatic nitrogens is 4. The van der Waals surface area contributed by atoms with Crippen molar-refractivity contribution in [3.05, 3.63) is 212 Å². The van der Waals surface area contributed by atoms with Crippen LogP contribution in [0.25, 0.3) is 94.2 Å². The van der Waals surface area contributed by atoms with Crippen LogP contribution in [0.4, 0.5) is 0 Å². The normalized spacial score (nSPS) is 14.0. The minimum Gasteiger partial charge on any atom is -0.510 e. The van der Waals surface area contributed by atoms with Crippen LogP contribution in [0.15, 0.2) is 192 Å². The zero-order chi connectivity index (χ0) is 51.6. The molecule has 0 atom stereocenters. The molecular formula is C58H40N4O2Pt-2. The third kappa shape index (κ3) is 6.84. The van der Waals surface area contributed by atoms with E-state index in [0.29, 0.717) is 28.2 Å². The first-order valence-electron chi connectivity index (χ1n) is 25.7. The van der Waals surface area contributed by atoms with Crippen LogP contribution in [0.5, 0.6) is 11.5 Å². The molecule has 0 aliphatic heterocycles. The van der Waals surface area contributed by atoms with Crippen molar-refractivity contribution in [1.29, 1.82) is 0 Å². The Balaban J connectivity index is 0.00000602.